The molecule has 0 aromatic heterocycles. The SMILES string of the molecule is CCCCCCCCCC(F)(F)C(=O)OCCCCCCCCBr. The van der Waals surface area contributed by atoms with Crippen molar-refractivity contribution >= 4 is 21.9 Å². The van der Waals surface area contributed by atoms with Crippen LogP contribution in [0.4, 0.5) is 8.78 Å². The summed E-state index contributed by atoms with van der Waals surface area (Å²) in [6, 6.07) is 0. The smallest absolute Gasteiger partial charge is 0.376 e. The second kappa shape index (κ2) is 16.3. The predicted octanol–water partition coefficient (Wildman–Crippen LogP) is 7.04. The van der Waals surface area contributed by atoms with Crippen LogP contribution in [0.15, 0.2) is 0 Å². The van der Waals surface area contributed by atoms with Crippen molar-refractivity contribution in [2.24, 2.45) is 0 Å². The molecule has 0 rings (SSSR count). The number of alkyl halides is 3. The summed E-state index contributed by atoms with van der Waals surface area (Å²) in [4.78, 5) is 11.5. The molecule has 5 heteroatoms. The Labute approximate surface area is 155 Å². The molecule has 144 valence electrons. The van der Waals surface area contributed by atoms with E-state index in [0.29, 0.717) is 12.8 Å². The molecule has 0 fully saturated rings. The van der Waals surface area contributed by atoms with Crippen LogP contribution in [0, 0.1) is 0 Å². The maximum Gasteiger partial charge on any atom is 0.376 e. The average molecular weight is 413 g/mol. The van der Waals surface area contributed by atoms with E-state index in [0.717, 1.165) is 43.9 Å². The van der Waals surface area contributed by atoms with Crippen LogP contribution in [0.1, 0.15) is 96.8 Å². The third kappa shape index (κ3) is 14.2. The van der Waals surface area contributed by atoms with Crippen molar-refractivity contribution in [3.8, 4) is 0 Å². The number of carbonyl (C=O) groups excluding carboxylic acids is 1. The second-order valence-corrected chi connectivity index (χ2v) is 7.31. The molecule has 0 atom stereocenters. The highest BCUT2D eigenvalue weighted by Gasteiger charge is 2.39. The first-order valence-corrected chi connectivity index (χ1v) is 10.8. The number of ether oxygens (including phenoxy) is 1. The fraction of sp³-hybridized carbons (Fsp3) is 0.947. The lowest BCUT2D eigenvalue weighted by molar-refractivity contribution is -0.173. The Morgan fingerprint density at radius 3 is 1.92 bits per heavy atom. The van der Waals surface area contributed by atoms with E-state index in [9.17, 15) is 13.6 Å². The first-order chi connectivity index (χ1) is 11.5. The van der Waals surface area contributed by atoms with Crippen LogP contribution < -0.4 is 0 Å². The number of hydrogen-bond acceptors (Lipinski definition) is 2. The molecule has 0 bridgehead atoms. The van der Waals surface area contributed by atoms with Crippen LogP contribution in [0.25, 0.3) is 0 Å². The fourth-order valence-corrected chi connectivity index (χ4v) is 2.98. The highest BCUT2D eigenvalue weighted by Crippen LogP contribution is 2.24. The Morgan fingerprint density at radius 2 is 1.33 bits per heavy atom. The molecule has 0 spiro atoms. The van der Waals surface area contributed by atoms with Crippen LogP contribution in [0.2, 0.25) is 0 Å². The zero-order valence-electron chi connectivity index (χ0n) is 15.3. The van der Waals surface area contributed by atoms with Gasteiger partial charge in [-0.05, 0) is 19.3 Å². The quantitative estimate of drug-likeness (QED) is 0.145. The summed E-state index contributed by atoms with van der Waals surface area (Å²) >= 11 is 3.39. The van der Waals surface area contributed by atoms with E-state index in [1.165, 1.54) is 32.1 Å². The van der Waals surface area contributed by atoms with Crippen molar-refractivity contribution in [3.63, 3.8) is 0 Å². The molecule has 24 heavy (non-hydrogen) atoms. The molecule has 0 N–H and O–H groups in total. The molecule has 0 aliphatic carbocycles. The van der Waals surface area contributed by atoms with Gasteiger partial charge in [-0.1, -0.05) is 87.1 Å². The Morgan fingerprint density at radius 1 is 0.833 bits per heavy atom. The highest BCUT2D eigenvalue weighted by molar-refractivity contribution is 9.09. The Bertz CT molecular complexity index is 299. The van der Waals surface area contributed by atoms with Crippen molar-refractivity contribution in [3.05, 3.63) is 0 Å². The Kier molecular flexibility index (Phi) is 16.2. The number of unbranched alkanes of at least 4 members (excludes halogenated alkanes) is 11. The van der Waals surface area contributed by atoms with E-state index >= 15 is 0 Å². The van der Waals surface area contributed by atoms with Gasteiger partial charge in [0.25, 0.3) is 0 Å². The molecule has 0 aliphatic heterocycles. The third-order valence-corrected chi connectivity index (χ3v) is 4.71. The second-order valence-electron chi connectivity index (χ2n) is 6.52. The molecule has 2 nitrogen and oxygen atoms in total. The largest absolute Gasteiger partial charge is 0.461 e. The lowest BCUT2D eigenvalue weighted by Gasteiger charge is -2.15. The van der Waals surface area contributed by atoms with Gasteiger partial charge < -0.3 is 4.74 Å². The van der Waals surface area contributed by atoms with Crippen LogP contribution in [-0.4, -0.2) is 23.8 Å². The summed E-state index contributed by atoms with van der Waals surface area (Å²) in [5.74, 6) is -4.66. The summed E-state index contributed by atoms with van der Waals surface area (Å²) in [6.07, 6.45) is 12.6. The first-order valence-electron chi connectivity index (χ1n) is 9.65. The minimum atomic E-state index is -3.32. The van der Waals surface area contributed by atoms with Gasteiger partial charge in [-0.15, -0.1) is 0 Å². The lowest BCUT2D eigenvalue weighted by atomic mass is 10.1. The molecule has 0 saturated heterocycles. The molecule has 0 radical (unpaired) electrons. The Balaban J connectivity index is 3.57. The molecule has 0 aliphatic rings. The molecule has 0 aromatic rings. The zero-order valence-corrected chi connectivity index (χ0v) is 16.9. The van der Waals surface area contributed by atoms with Crippen LogP contribution in [-0.2, 0) is 9.53 Å². The maximum atomic E-state index is 13.7. The summed E-state index contributed by atoms with van der Waals surface area (Å²) < 4.78 is 32.1. The number of esters is 1. The summed E-state index contributed by atoms with van der Waals surface area (Å²) in [5, 5.41) is 1.03. The fourth-order valence-electron chi connectivity index (χ4n) is 2.58. The molecular weight excluding hydrogens is 378 g/mol. The van der Waals surface area contributed by atoms with Crippen molar-refractivity contribution in [1.82, 2.24) is 0 Å². The van der Waals surface area contributed by atoms with Gasteiger partial charge in [-0.2, -0.15) is 8.78 Å². The normalized spacial score (nSPS) is 11.7. The van der Waals surface area contributed by atoms with Crippen molar-refractivity contribution < 1.29 is 18.3 Å². The minimum Gasteiger partial charge on any atom is -0.461 e. The number of rotatable bonds is 17. The minimum absolute atomic E-state index is 0.115. The van der Waals surface area contributed by atoms with Gasteiger partial charge in [0.2, 0.25) is 0 Å². The maximum absolute atomic E-state index is 13.7. The van der Waals surface area contributed by atoms with Gasteiger partial charge in [0.15, 0.2) is 0 Å². The zero-order chi connectivity index (χ0) is 18.1. The van der Waals surface area contributed by atoms with Gasteiger partial charge >= 0.3 is 11.9 Å². The van der Waals surface area contributed by atoms with E-state index in [-0.39, 0.29) is 13.0 Å². The number of carbonyl (C=O) groups is 1. The molecule has 0 amide bonds. The first kappa shape index (κ1) is 23.8. The lowest BCUT2D eigenvalue weighted by Crippen LogP contribution is -2.31. The molecule has 0 heterocycles. The summed E-state index contributed by atoms with van der Waals surface area (Å²) in [5.41, 5.74) is 0. The van der Waals surface area contributed by atoms with E-state index in [1.54, 1.807) is 0 Å². The average Bonchev–Trinajstić information content (AvgIpc) is 2.56. The van der Waals surface area contributed by atoms with Crippen LogP contribution in [0.3, 0.4) is 0 Å². The number of halogens is 3. The molecule has 0 saturated carbocycles. The van der Waals surface area contributed by atoms with Crippen molar-refractivity contribution in [2.75, 3.05) is 11.9 Å². The van der Waals surface area contributed by atoms with Gasteiger partial charge in [-0.3, -0.25) is 0 Å². The molecular formula is C19H35BrF2O2. The van der Waals surface area contributed by atoms with Crippen LogP contribution in [0.5, 0.6) is 0 Å². The third-order valence-electron chi connectivity index (χ3n) is 4.15. The van der Waals surface area contributed by atoms with E-state index in [1.807, 2.05) is 0 Å². The Hall–Kier alpha value is -0.190. The van der Waals surface area contributed by atoms with Gasteiger partial charge in [-0.25, -0.2) is 4.79 Å². The molecule has 0 aromatic carbocycles. The summed E-state index contributed by atoms with van der Waals surface area (Å²) in [7, 11) is 0. The standard InChI is InChI=1S/C19H35BrF2O2/c1-2-3-4-5-6-9-12-15-19(21,22)18(23)24-17-14-11-8-7-10-13-16-20/h2-17H2,1H3. The van der Waals surface area contributed by atoms with E-state index in [2.05, 4.69) is 22.9 Å². The van der Waals surface area contributed by atoms with E-state index < -0.39 is 11.9 Å². The van der Waals surface area contributed by atoms with Gasteiger partial charge in [0.05, 0.1) is 6.61 Å². The monoisotopic (exact) mass is 412 g/mol. The van der Waals surface area contributed by atoms with Crippen LogP contribution >= 0.6 is 15.9 Å². The van der Waals surface area contributed by atoms with Gasteiger partial charge in [0, 0.05) is 11.8 Å². The topological polar surface area (TPSA) is 26.3 Å². The van der Waals surface area contributed by atoms with Crippen molar-refractivity contribution in [2.45, 2.75) is 103 Å². The number of hydrogen-bond donors (Lipinski definition) is 0. The van der Waals surface area contributed by atoms with E-state index in [4.69, 9.17) is 4.74 Å². The predicted molar refractivity (Wildman–Crippen MR) is 100 cm³/mol. The highest BCUT2D eigenvalue weighted by atomic mass is 79.9. The summed E-state index contributed by atoms with van der Waals surface area (Å²) in [6.45, 7) is 2.26. The van der Waals surface area contributed by atoms with Crippen molar-refractivity contribution in [1.29, 1.82) is 0 Å². The van der Waals surface area contributed by atoms with Gasteiger partial charge in [0.1, 0.15) is 0 Å². The molecule has 0 unspecified atom stereocenters.